The first-order chi connectivity index (χ1) is 11.2. The molecule has 0 saturated heterocycles. The van der Waals surface area contributed by atoms with Gasteiger partial charge in [-0.1, -0.05) is 43.3 Å². The van der Waals surface area contributed by atoms with E-state index in [1.807, 2.05) is 43.3 Å². The molecular formula is C19H25N3O. The minimum atomic E-state index is 0.417. The van der Waals surface area contributed by atoms with Crippen LogP contribution in [0.4, 0.5) is 5.69 Å². The lowest BCUT2D eigenvalue weighted by Crippen LogP contribution is -2.22. The van der Waals surface area contributed by atoms with Crippen molar-refractivity contribution in [1.29, 1.82) is 0 Å². The third-order valence-corrected chi connectivity index (χ3v) is 3.43. The first-order valence-corrected chi connectivity index (χ1v) is 7.97. The van der Waals surface area contributed by atoms with Crippen molar-refractivity contribution < 1.29 is 4.74 Å². The average molecular weight is 311 g/mol. The second kappa shape index (κ2) is 8.96. The molecule has 2 aromatic rings. The zero-order chi connectivity index (χ0) is 16.5. The van der Waals surface area contributed by atoms with Crippen LogP contribution >= 0.6 is 0 Å². The Kier molecular flexibility index (Phi) is 6.63. The SMILES string of the molecule is CCCOCc1ccccc1CN=C(N)Nc1cccc(C)c1. The summed E-state index contributed by atoms with van der Waals surface area (Å²) >= 11 is 0. The van der Waals surface area contributed by atoms with Gasteiger partial charge < -0.3 is 15.8 Å². The number of guanidine groups is 1. The minimum Gasteiger partial charge on any atom is -0.377 e. The van der Waals surface area contributed by atoms with Crippen molar-refractivity contribution in [2.75, 3.05) is 11.9 Å². The number of aliphatic imine (C=N–C) groups is 1. The summed E-state index contributed by atoms with van der Waals surface area (Å²) in [5.74, 6) is 0.417. The maximum atomic E-state index is 5.98. The molecule has 0 bridgehead atoms. The molecule has 23 heavy (non-hydrogen) atoms. The van der Waals surface area contributed by atoms with Crippen molar-refractivity contribution >= 4 is 11.6 Å². The van der Waals surface area contributed by atoms with Crippen molar-refractivity contribution in [1.82, 2.24) is 0 Å². The second-order valence-corrected chi connectivity index (χ2v) is 5.52. The number of benzene rings is 2. The van der Waals surface area contributed by atoms with E-state index < -0.39 is 0 Å². The van der Waals surface area contributed by atoms with Gasteiger partial charge in [-0.15, -0.1) is 0 Å². The van der Waals surface area contributed by atoms with Crippen LogP contribution in [-0.2, 0) is 17.9 Å². The van der Waals surface area contributed by atoms with Crippen LogP contribution in [0.2, 0.25) is 0 Å². The van der Waals surface area contributed by atoms with E-state index in [2.05, 4.69) is 29.4 Å². The highest BCUT2D eigenvalue weighted by molar-refractivity contribution is 5.92. The topological polar surface area (TPSA) is 59.6 Å². The van der Waals surface area contributed by atoms with E-state index in [9.17, 15) is 0 Å². The summed E-state index contributed by atoms with van der Waals surface area (Å²) in [6, 6.07) is 16.2. The Hall–Kier alpha value is -2.33. The second-order valence-electron chi connectivity index (χ2n) is 5.52. The van der Waals surface area contributed by atoms with Crippen molar-refractivity contribution in [3.8, 4) is 0 Å². The van der Waals surface area contributed by atoms with Crippen molar-refractivity contribution in [3.63, 3.8) is 0 Å². The lowest BCUT2D eigenvalue weighted by atomic mass is 10.1. The van der Waals surface area contributed by atoms with Gasteiger partial charge in [-0.05, 0) is 42.2 Å². The molecule has 0 heterocycles. The largest absolute Gasteiger partial charge is 0.377 e. The first-order valence-electron chi connectivity index (χ1n) is 7.97. The van der Waals surface area contributed by atoms with Gasteiger partial charge in [0.2, 0.25) is 0 Å². The molecule has 2 rings (SSSR count). The molecule has 2 aromatic carbocycles. The lowest BCUT2D eigenvalue weighted by molar-refractivity contribution is 0.121. The third kappa shape index (κ3) is 5.75. The van der Waals surface area contributed by atoms with E-state index >= 15 is 0 Å². The van der Waals surface area contributed by atoms with Crippen LogP contribution in [0.3, 0.4) is 0 Å². The van der Waals surface area contributed by atoms with Gasteiger partial charge in [0.1, 0.15) is 0 Å². The number of nitrogens with two attached hydrogens (primary N) is 1. The molecule has 0 amide bonds. The van der Waals surface area contributed by atoms with Gasteiger partial charge in [-0.3, -0.25) is 0 Å². The van der Waals surface area contributed by atoms with E-state index in [0.717, 1.165) is 29.8 Å². The van der Waals surface area contributed by atoms with E-state index in [1.165, 1.54) is 5.56 Å². The fraction of sp³-hybridized carbons (Fsp3) is 0.316. The van der Waals surface area contributed by atoms with Crippen LogP contribution in [-0.4, -0.2) is 12.6 Å². The zero-order valence-electron chi connectivity index (χ0n) is 13.9. The molecule has 4 nitrogen and oxygen atoms in total. The highest BCUT2D eigenvalue weighted by Crippen LogP contribution is 2.12. The summed E-state index contributed by atoms with van der Waals surface area (Å²) in [4.78, 5) is 4.44. The Labute approximate surface area is 138 Å². The highest BCUT2D eigenvalue weighted by Gasteiger charge is 2.02. The fourth-order valence-corrected chi connectivity index (χ4v) is 2.26. The number of hydrogen-bond acceptors (Lipinski definition) is 2. The summed E-state index contributed by atoms with van der Waals surface area (Å²) in [7, 11) is 0. The fourth-order valence-electron chi connectivity index (χ4n) is 2.26. The standard InChI is InChI=1S/C19H25N3O/c1-3-11-23-14-17-9-5-4-8-16(17)13-21-19(20)22-18-10-6-7-15(2)12-18/h4-10,12H,3,11,13-14H2,1-2H3,(H3,20,21,22). The van der Waals surface area contributed by atoms with Crippen LogP contribution in [0.1, 0.15) is 30.0 Å². The van der Waals surface area contributed by atoms with Gasteiger partial charge in [-0.2, -0.15) is 0 Å². The van der Waals surface area contributed by atoms with Crippen LogP contribution < -0.4 is 11.1 Å². The average Bonchev–Trinajstić information content (AvgIpc) is 2.54. The maximum absolute atomic E-state index is 5.98. The summed E-state index contributed by atoms with van der Waals surface area (Å²) in [5, 5.41) is 3.12. The molecule has 4 heteroatoms. The number of hydrogen-bond donors (Lipinski definition) is 2. The molecule has 0 unspecified atom stereocenters. The molecular weight excluding hydrogens is 286 g/mol. The number of aryl methyl sites for hydroxylation is 1. The third-order valence-electron chi connectivity index (χ3n) is 3.43. The maximum Gasteiger partial charge on any atom is 0.193 e. The van der Waals surface area contributed by atoms with E-state index in [1.54, 1.807) is 0 Å². The van der Waals surface area contributed by atoms with Gasteiger partial charge in [0.25, 0.3) is 0 Å². The molecule has 0 aliphatic rings. The van der Waals surface area contributed by atoms with E-state index in [-0.39, 0.29) is 0 Å². The van der Waals surface area contributed by atoms with Crippen molar-refractivity contribution in [3.05, 3.63) is 65.2 Å². The molecule has 122 valence electrons. The smallest absolute Gasteiger partial charge is 0.193 e. The number of ether oxygens (including phenoxy) is 1. The van der Waals surface area contributed by atoms with Gasteiger partial charge in [-0.25, -0.2) is 4.99 Å². The summed E-state index contributed by atoms with van der Waals surface area (Å²) in [6.07, 6.45) is 1.02. The molecule has 0 atom stereocenters. The van der Waals surface area contributed by atoms with Gasteiger partial charge in [0, 0.05) is 12.3 Å². The van der Waals surface area contributed by atoms with Crippen molar-refractivity contribution in [2.24, 2.45) is 10.7 Å². The van der Waals surface area contributed by atoms with Crippen LogP contribution in [0.25, 0.3) is 0 Å². The Bertz CT molecular complexity index is 653. The summed E-state index contributed by atoms with van der Waals surface area (Å²) < 4.78 is 5.63. The van der Waals surface area contributed by atoms with Crippen LogP contribution in [0.15, 0.2) is 53.5 Å². The number of anilines is 1. The highest BCUT2D eigenvalue weighted by atomic mass is 16.5. The normalized spacial score (nSPS) is 11.5. The Balaban J connectivity index is 1.98. The molecule has 3 N–H and O–H groups in total. The molecule has 0 aromatic heterocycles. The Morgan fingerprint density at radius 1 is 1.13 bits per heavy atom. The van der Waals surface area contributed by atoms with Crippen molar-refractivity contribution in [2.45, 2.75) is 33.4 Å². The number of nitrogens with zero attached hydrogens (tertiary/aromatic N) is 1. The Morgan fingerprint density at radius 2 is 1.91 bits per heavy atom. The molecule has 0 saturated carbocycles. The van der Waals surface area contributed by atoms with Gasteiger partial charge in [0.15, 0.2) is 5.96 Å². The van der Waals surface area contributed by atoms with E-state index in [0.29, 0.717) is 19.1 Å². The van der Waals surface area contributed by atoms with Gasteiger partial charge >= 0.3 is 0 Å². The predicted octanol–water partition coefficient (Wildman–Crippen LogP) is 3.85. The van der Waals surface area contributed by atoms with Crippen LogP contribution in [0, 0.1) is 6.92 Å². The molecule has 0 spiro atoms. The minimum absolute atomic E-state index is 0.417. The van der Waals surface area contributed by atoms with E-state index in [4.69, 9.17) is 10.5 Å². The quantitative estimate of drug-likeness (QED) is 0.464. The summed E-state index contributed by atoms with van der Waals surface area (Å²) in [6.45, 7) is 6.08. The Morgan fingerprint density at radius 3 is 2.65 bits per heavy atom. The van der Waals surface area contributed by atoms with Gasteiger partial charge in [0.05, 0.1) is 13.2 Å². The summed E-state index contributed by atoms with van der Waals surface area (Å²) in [5.41, 5.74) is 10.4. The molecule has 0 radical (unpaired) electrons. The van der Waals surface area contributed by atoms with Crippen LogP contribution in [0.5, 0.6) is 0 Å². The number of nitrogens with one attached hydrogen (secondary N) is 1. The molecule has 0 aliphatic heterocycles. The lowest BCUT2D eigenvalue weighted by Gasteiger charge is -2.09. The number of rotatable bonds is 7. The zero-order valence-corrected chi connectivity index (χ0v) is 13.9. The molecule has 0 fully saturated rings. The monoisotopic (exact) mass is 311 g/mol. The predicted molar refractivity (Wildman–Crippen MR) is 96.5 cm³/mol. The first kappa shape index (κ1) is 17.0. The molecule has 0 aliphatic carbocycles.